The van der Waals surface area contributed by atoms with Gasteiger partial charge in [0, 0.05) is 45.5 Å². The van der Waals surface area contributed by atoms with E-state index in [1.54, 1.807) is 24.4 Å². The van der Waals surface area contributed by atoms with Gasteiger partial charge in [-0.05, 0) is 30.5 Å². The minimum absolute atomic E-state index is 0.0903. The molecule has 0 aliphatic carbocycles. The third-order valence-electron chi connectivity index (χ3n) is 4.49. The first-order chi connectivity index (χ1) is 12.7. The number of para-hydroxylation sites is 1. The van der Waals surface area contributed by atoms with E-state index in [0.717, 1.165) is 37.7 Å². The topological polar surface area (TPSA) is 48.5 Å². The number of nitrogens with zero attached hydrogens (tertiary/aromatic N) is 3. The van der Waals surface area contributed by atoms with Crippen molar-refractivity contribution in [2.24, 2.45) is 0 Å². The fraction of sp³-hybridized carbons (Fsp3) is 0.368. The second kappa shape index (κ2) is 9.00. The first-order valence-electron chi connectivity index (χ1n) is 8.68. The van der Waals surface area contributed by atoms with Crippen LogP contribution in [0.2, 0.25) is 0 Å². The Morgan fingerprint density at radius 3 is 2.69 bits per heavy atom. The van der Waals surface area contributed by atoms with Crippen LogP contribution in [-0.2, 0) is 0 Å². The number of hydrogen-bond donors (Lipinski definition) is 1. The largest absolute Gasteiger partial charge is 0.367 e. The molecule has 5 nitrogen and oxygen atoms in total. The fourth-order valence-corrected chi connectivity index (χ4v) is 3.62. The van der Waals surface area contributed by atoms with Gasteiger partial charge in [-0.15, -0.1) is 11.8 Å². The number of benzene rings is 1. The number of hydrogen-bond acceptors (Lipinski definition) is 5. The molecule has 138 valence electrons. The highest BCUT2D eigenvalue weighted by molar-refractivity contribution is 7.98. The highest BCUT2D eigenvalue weighted by atomic mass is 32.2. The van der Waals surface area contributed by atoms with Gasteiger partial charge in [0.15, 0.2) is 0 Å². The van der Waals surface area contributed by atoms with Gasteiger partial charge in [0.2, 0.25) is 0 Å². The van der Waals surface area contributed by atoms with Crippen molar-refractivity contribution < 1.29 is 9.18 Å². The van der Waals surface area contributed by atoms with Crippen LogP contribution < -0.4 is 10.2 Å². The van der Waals surface area contributed by atoms with E-state index in [1.807, 2.05) is 18.4 Å². The molecule has 1 aromatic heterocycles. The molecule has 1 amide bonds. The molecule has 0 atom stereocenters. The molecule has 1 aromatic carbocycles. The summed E-state index contributed by atoms with van der Waals surface area (Å²) in [6, 6.07) is 10.5. The molecule has 0 radical (unpaired) electrons. The van der Waals surface area contributed by atoms with Gasteiger partial charge in [-0.3, -0.25) is 9.69 Å². The van der Waals surface area contributed by atoms with E-state index in [1.165, 1.54) is 17.8 Å². The second-order valence-electron chi connectivity index (χ2n) is 6.10. The van der Waals surface area contributed by atoms with E-state index in [0.29, 0.717) is 17.8 Å². The van der Waals surface area contributed by atoms with E-state index < -0.39 is 0 Å². The molecule has 26 heavy (non-hydrogen) atoms. The first-order valence-corrected chi connectivity index (χ1v) is 9.90. The molecule has 7 heteroatoms. The average molecular weight is 374 g/mol. The lowest BCUT2D eigenvalue weighted by atomic mass is 10.2. The Bertz CT molecular complexity index is 750. The summed E-state index contributed by atoms with van der Waals surface area (Å²) in [5.41, 5.74) is 1.28. The summed E-state index contributed by atoms with van der Waals surface area (Å²) in [6.45, 7) is 4.65. The number of thioether (sulfide) groups is 1. The number of rotatable bonds is 6. The van der Waals surface area contributed by atoms with Crippen LogP contribution in [0.5, 0.6) is 0 Å². The van der Waals surface area contributed by atoms with Crippen molar-refractivity contribution in [1.29, 1.82) is 0 Å². The summed E-state index contributed by atoms with van der Waals surface area (Å²) in [6.07, 6.45) is 3.60. The summed E-state index contributed by atoms with van der Waals surface area (Å²) >= 11 is 1.47. The standard InChI is InChI=1S/C19H23FN4OS/c1-26-19-15(5-4-8-22-19)18(25)21-9-10-23-11-13-24(14-12-23)17-7-3-2-6-16(17)20/h2-8H,9-14H2,1H3,(H,21,25). The van der Waals surface area contributed by atoms with Crippen molar-refractivity contribution in [2.75, 3.05) is 50.4 Å². The maximum absolute atomic E-state index is 13.9. The van der Waals surface area contributed by atoms with E-state index in [2.05, 4.69) is 20.1 Å². The van der Waals surface area contributed by atoms with Crippen LogP contribution in [0.3, 0.4) is 0 Å². The molecule has 2 aromatic rings. The summed E-state index contributed by atoms with van der Waals surface area (Å²) < 4.78 is 13.9. The van der Waals surface area contributed by atoms with Crippen molar-refractivity contribution in [3.05, 3.63) is 54.0 Å². The molecule has 2 heterocycles. The number of amides is 1. The van der Waals surface area contributed by atoms with Gasteiger partial charge < -0.3 is 10.2 Å². The second-order valence-corrected chi connectivity index (χ2v) is 6.89. The van der Waals surface area contributed by atoms with Crippen LogP contribution in [0.25, 0.3) is 0 Å². The number of aromatic nitrogens is 1. The predicted molar refractivity (Wildman–Crippen MR) is 103 cm³/mol. The predicted octanol–water partition coefficient (Wildman–Crippen LogP) is 2.49. The van der Waals surface area contributed by atoms with E-state index in [9.17, 15) is 9.18 Å². The molecule has 0 bridgehead atoms. The molecule has 1 saturated heterocycles. The van der Waals surface area contributed by atoms with Gasteiger partial charge in [0.1, 0.15) is 10.8 Å². The third-order valence-corrected chi connectivity index (χ3v) is 5.20. The molecule has 3 rings (SSSR count). The molecule has 0 saturated carbocycles. The van der Waals surface area contributed by atoms with E-state index in [4.69, 9.17) is 0 Å². The lowest BCUT2D eigenvalue weighted by molar-refractivity contribution is 0.0944. The Morgan fingerprint density at radius 1 is 1.19 bits per heavy atom. The summed E-state index contributed by atoms with van der Waals surface area (Å²) in [5.74, 6) is -0.262. The minimum atomic E-state index is -0.172. The Morgan fingerprint density at radius 2 is 1.96 bits per heavy atom. The zero-order valence-corrected chi connectivity index (χ0v) is 15.6. The van der Waals surface area contributed by atoms with Crippen molar-refractivity contribution in [1.82, 2.24) is 15.2 Å². The van der Waals surface area contributed by atoms with E-state index >= 15 is 0 Å². The summed E-state index contributed by atoms with van der Waals surface area (Å²) in [4.78, 5) is 20.9. The quantitative estimate of drug-likeness (QED) is 0.788. The van der Waals surface area contributed by atoms with Gasteiger partial charge in [0.05, 0.1) is 11.3 Å². The Kier molecular flexibility index (Phi) is 6.46. The van der Waals surface area contributed by atoms with Crippen LogP contribution in [-0.4, -0.2) is 61.3 Å². The Balaban J connectivity index is 1.44. The van der Waals surface area contributed by atoms with Gasteiger partial charge in [-0.1, -0.05) is 12.1 Å². The number of anilines is 1. The maximum atomic E-state index is 13.9. The highest BCUT2D eigenvalue weighted by Crippen LogP contribution is 2.20. The average Bonchev–Trinajstić information content (AvgIpc) is 2.69. The highest BCUT2D eigenvalue weighted by Gasteiger charge is 2.19. The maximum Gasteiger partial charge on any atom is 0.254 e. The summed E-state index contributed by atoms with van der Waals surface area (Å²) in [7, 11) is 0. The number of nitrogens with one attached hydrogen (secondary N) is 1. The SMILES string of the molecule is CSc1ncccc1C(=O)NCCN1CCN(c2ccccc2F)CC1. The van der Waals surface area contributed by atoms with E-state index in [-0.39, 0.29) is 11.7 Å². The lowest BCUT2D eigenvalue weighted by Crippen LogP contribution is -2.48. The number of carbonyl (C=O) groups excluding carboxylic acids is 1. The molecular weight excluding hydrogens is 351 g/mol. The van der Waals surface area contributed by atoms with Crippen molar-refractivity contribution in [2.45, 2.75) is 5.03 Å². The van der Waals surface area contributed by atoms with Crippen LogP contribution in [0.15, 0.2) is 47.6 Å². The molecular formula is C19H23FN4OS. The molecule has 0 unspecified atom stereocenters. The van der Waals surface area contributed by atoms with Crippen LogP contribution >= 0.6 is 11.8 Å². The van der Waals surface area contributed by atoms with Crippen molar-refractivity contribution >= 4 is 23.4 Å². The van der Waals surface area contributed by atoms with Crippen molar-refractivity contribution in [3.8, 4) is 0 Å². The molecule has 1 N–H and O–H groups in total. The van der Waals surface area contributed by atoms with Crippen LogP contribution in [0, 0.1) is 5.82 Å². The molecule has 1 fully saturated rings. The zero-order valence-electron chi connectivity index (χ0n) is 14.8. The smallest absolute Gasteiger partial charge is 0.254 e. The number of pyridine rings is 1. The fourth-order valence-electron chi connectivity index (χ4n) is 3.07. The summed E-state index contributed by atoms with van der Waals surface area (Å²) in [5, 5.41) is 3.70. The van der Waals surface area contributed by atoms with Gasteiger partial charge >= 0.3 is 0 Å². The van der Waals surface area contributed by atoms with Crippen LogP contribution in [0.4, 0.5) is 10.1 Å². The number of halogens is 1. The van der Waals surface area contributed by atoms with Gasteiger partial charge in [-0.25, -0.2) is 9.37 Å². The third kappa shape index (κ3) is 4.53. The van der Waals surface area contributed by atoms with Crippen molar-refractivity contribution in [3.63, 3.8) is 0 Å². The molecule has 1 aliphatic heterocycles. The van der Waals surface area contributed by atoms with Gasteiger partial charge in [0.25, 0.3) is 5.91 Å². The normalized spacial score (nSPS) is 15.1. The van der Waals surface area contributed by atoms with Gasteiger partial charge in [-0.2, -0.15) is 0 Å². The minimum Gasteiger partial charge on any atom is -0.367 e. The number of carbonyl (C=O) groups is 1. The zero-order chi connectivity index (χ0) is 18.4. The number of piperazine rings is 1. The Labute approximate surface area is 157 Å². The first kappa shape index (κ1) is 18.7. The Hall–Kier alpha value is -2.12. The van der Waals surface area contributed by atoms with Crippen LogP contribution in [0.1, 0.15) is 10.4 Å². The lowest BCUT2D eigenvalue weighted by Gasteiger charge is -2.36. The molecule has 1 aliphatic rings. The molecule has 0 spiro atoms. The monoisotopic (exact) mass is 374 g/mol.